The number of amides is 1. The van der Waals surface area contributed by atoms with Gasteiger partial charge >= 0.3 is 0 Å². The van der Waals surface area contributed by atoms with Crippen LogP contribution in [-0.2, 0) is 27.8 Å². The quantitative estimate of drug-likeness (QED) is 0.922. The van der Waals surface area contributed by atoms with Crippen molar-refractivity contribution in [3.05, 3.63) is 45.6 Å². The first kappa shape index (κ1) is 16.2. The molecule has 2 aromatic rings. The molecule has 0 radical (unpaired) electrons. The zero-order valence-electron chi connectivity index (χ0n) is 13.0. The first-order chi connectivity index (χ1) is 10.9. The molecule has 1 aromatic heterocycles. The molecule has 0 saturated carbocycles. The van der Waals surface area contributed by atoms with E-state index in [4.69, 9.17) is 0 Å². The van der Waals surface area contributed by atoms with Crippen LogP contribution in [0.4, 0.5) is 5.69 Å². The Kier molecular flexibility index (Phi) is 4.27. The second kappa shape index (κ2) is 6.07. The number of anilines is 1. The van der Waals surface area contributed by atoms with Crippen molar-refractivity contribution in [2.75, 3.05) is 12.4 Å². The molecular weight excluding hydrogens is 332 g/mol. The number of nitrogens with zero attached hydrogens (tertiary/aromatic N) is 1. The van der Waals surface area contributed by atoms with E-state index in [2.05, 4.69) is 5.32 Å². The summed E-state index contributed by atoms with van der Waals surface area (Å²) >= 11 is 1.56. The summed E-state index contributed by atoms with van der Waals surface area (Å²) in [6, 6.07) is 6.88. The van der Waals surface area contributed by atoms with Gasteiger partial charge in [0.15, 0.2) is 0 Å². The highest BCUT2D eigenvalue weighted by Crippen LogP contribution is 2.28. The van der Waals surface area contributed by atoms with Crippen LogP contribution < -0.4 is 5.32 Å². The lowest BCUT2D eigenvalue weighted by molar-refractivity contribution is -0.116. The molecule has 1 aliphatic rings. The molecule has 2 heterocycles. The van der Waals surface area contributed by atoms with Crippen LogP contribution in [0.3, 0.4) is 0 Å². The summed E-state index contributed by atoms with van der Waals surface area (Å²) in [6.45, 7) is 2.34. The molecule has 3 rings (SSSR count). The van der Waals surface area contributed by atoms with Crippen LogP contribution in [0.1, 0.15) is 22.4 Å². The van der Waals surface area contributed by atoms with Crippen LogP contribution in [0.5, 0.6) is 0 Å². The first-order valence-electron chi connectivity index (χ1n) is 7.30. The lowest BCUT2D eigenvalue weighted by Gasteiger charge is -2.20. The molecule has 0 unspecified atom stereocenters. The number of nitrogens with one attached hydrogen (secondary N) is 1. The van der Waals surface area contributed by atoms with Gasteiger partial charge in [-0.3, -0.25) is 4.79 Å². The van der Waals surface area contributed by atoms with Crippen LogP contribution in [0.15, 0.2) is 34.5 Å². The van der Waals surface area contributed by atoms with Crippen LogP contribution in [-0.4, -0.2) is 25.7 Å². The van der Waals surface area contributed by atoms with Gasteiger partial charge in [-0.25, -0.2) is 8.42 Å². The summed E-state index contributed by atoms with van der Waals surface area (Å²) < 4.78 is 26.9. The van der Waals surface area contributed by atoms with Gasteiger partial charge in [0.1, 0.15) is 0 Å². The number of aryl methyl sites for hydroxylation is 2. The Labute approximate surface area is 140 Å². The SMILES string of the molecule is Cc1ccsc1CN(C)S(=O)(=O)c1ccc2c(c1)CCC(=O)N2. The maximum Gasteiger partial charge on any atom is 0.243 e. The Morgan fingerprint density at radius 2 is 2.04 bits per heavy atom. The van der Waals surface area contributed by atoms with E-state index in [0.717, 1.165) is 16.0 Å². The molecule has 23 heavy (non-hydrogen) atoms. The van der Waals surface area contributed by atoms with E-state index in [-0.39, 0.29) is 10.8 Å². The largest absolute Gasteiger partial charge is 0.326 e. The summed E-state index contributed by atoms with van der Waals surface area (Å²) in [5.41, 5.74) is 2.67. The normalized spacial score (nSPS) is 14.7. The molecule has 0 fully saturated rings. The van der Waals surface area contributed by atoms with E-state index in [1.165, 1.54) is 4.31 Å². The monoisotopic (exact) mass is 350 g/mol. The average molecular weight is 350 g/mol. The molecule has 122 valence electrons. The van der Waals surface area contributed by atoms with Gasteiger partial charge in [0.2, 0.25) is 15.9 Å². The number of benzene rings is 1. The predicted octanol–water partition coefficient (Wildman–Crippen LogP) is 2.76. The van der Waals surface area contributed by atoms with Crippen LogP contribution in [0, 0.1) is 6.92 Å². The first-order valence-corrected chi connectivity index (χ1v) is 9.62. The third kappa shape index (κ3) is 3.17. The Hall–Kier alpha value is -1.70. The molecule has 1 aromatic carbocycles. The van der Waals surface area contributed by atoms with E-state index in [1.807, 2.05) is 18.4 Å². The van der Waals surface area contributed by atoms with Gasteiger partial charge in [0.05, 0.1) is 4.90 Å². The number of carbonyl (C=O) groups is 1. The highest BCUT2D eigenvalue weighted by Gasteiger charge is 2.24. The highest BCUT2D eigenvalue weighted by atomic mass is 32.2. The number of carbonyl (C=O) groups excluding carboxylic acids is 1. The van der Waals surface area contributed by atoms with Gasteiger partial charge < -0.3 is 5.32 Å². The van der Waals surface area contributed by atoms with E-state index in [0.29, 0.717) is 25.1 Å². The number of rotatable bonds is 4. The predicted molar refractivity (Wildman–Crippen MR) is 91.1 cm³/mol. The summed E-state index contributed by atoms with van der Waals surface area (Å²) in [7, 11) is -1.96. The van der Waals surface area contributed by atoms with E-state index < -0.39 is 10.0 Å². The molecule has 0 saturated heterocycles. The molecular formula is C16H18N2O3S2. The highest BCUT2D eigenvalue weighted by molar-refractivity contribution is 7.89. The Morgan fingerprint density at radius 1 is 1.26 bits per heavy atom. The zero-order valence-corrected chi connectivity index (χ0v) is 14.6. The van der Waals surface area contributed by atoms with E-state index >= 15 is 0 Å². The van der Waals surface area contributed by atoms with Crippen molar-refractivity contribution in [1.82, 2.24) is 4.31 Å². The van der Waals surface area contributed by atoms with Gasteiger partial charge in [-0.05, 0) is 54.1 Å². The van der Waals surface area contributed by atoms with E-state index in [9.17, 15) is 13.2 Å². The molecule has 5 nitrogen and oxygen atoms in total. The van der Waals surface area contributed by atoms with Gasteiger partial charge in [-0.1, -0.05) is 0 Å². The molecule has 1 amide bonds. The fourth-order valence-electron chi connectivity index (χ4n) is 2.55. The maximum atomic E-state index is 12.8. The lowest BCUT2D eigenvalue weighted by Crippen LogP contribution is -2.27. The number of hydrogen-bond donors (Lipinski definition) is 1. The minimum atomic E-state index is -3.55. The summed E-state index contributed by atoms with van der Waals surface area (Å²) in [6.07, 6.45) is 0.957. The number of fused-ring (bicyclic) bond motifs is 1. The minimum Gasteiger partial charge on any atom is -0.326 e. The molecule has 0 aliphatic carbocycles. The van der Waals surface area contributed by atoms with Crippen molar-refractivity contribution < 1.29 is 13.2 Å². The minimum absolute atomic E-state index is 0.0293. The van der Waals surface area contributed by atoms with Crippen molar-refractivity contribution in [3.63, 3.8) is 0 Å². The number of hydrogen-bond acceptors (Lipinski definition) is 4. The van der Waals surface area contributed by atoms with Crippen LogP contribution >= 0.6 is 11.3 Å². The summed E-state index contributed by atoms with van der Waals surface area (Å²) in [5, 5.41) is 4.73. The number of sulfonamides is 1. The van der Waals surface area contributed by atoms with Crippen molar-refractivity contribution in [1.29, 1.82) is 0 Å². The molecule has 0 atom stereocenters. The third-order valence-corrected chi connectivity index (χ3v) is 6.82. The second-order valence-electron chi connectivity index (χ2n) is 5.66. The van der Waals surface area contributed by atoms with Crippen molar-refractivity contribution >= 4 is 33.0 Å². The van der Waals surface area contributed by atoms with Gasteiger partial charge in [-0.2, -0.15) is 4.31 Å². The summed E-state index contributed by atoms with van der Waals surface area (Å²) in [5.74, 6) is -0.0293. The fourth-order valence-corrected chi connectivity index (χ4v) is 4.78. The second-order valence-corrected chi connectivity index (χ2v) is 8.70. The topological polar surface area (TPSA) is 66.5 Å². The Bertz CT molecular complexity index is 856. The molecule has 1 N–H and O–H groups in total. The molecule has 0 bridgehead atoms. The van der Waals surface area contributed by atoms with Gasteiger partial charge in [0, 0.05) is 30.6 Å². The Morgan fingerprint density at radius 3 is 2.74 bits per heavy atom. The standard InChI is InChI=1S/C16H18N2O3S2/c1-11-7-8-22-15(11)10-18(2)23(20,21)13-4-5-14-12(9-13)3-6-16(19)17-14/h4-5,7-9H,3,6,10H2,1-2H3,(H,17,19). The van der Waals surface area contributed by atoms with Gasteiger partial charge in [0.25, 0.3) is 0 Å². The third-order valence-electron chi connectivity index (χ3n) is 4.01. The smallest absolute Gasteiger partial charge is 0.243 e. The lowest BCUT2D eigenvalue weighted by atomic mass is 10.0. The van der Waals surface area contributed by atoms with Gasteiger partial charge in [-0.15, -0.1) is 11.3 Å². The number of thiophene rings is 1. The van der Waals surface area contributed by atoms with E-state index in [1.54, 1.807) is 36.6 Å². The van der Waals surface area contributed by atoms with Crippen molar-refractivity contribution in [3.8, 4) is 0 Å². The molecule has 0 spiro atoms. The Balaban J connectivity index is 1.87. The van der Waals surface area contributed by atoms with Crippen molar-refractivity contribution in [2.24, 2.45) is 0 Å². The molecule has 7 heteroatoms. The van der Waals surface area contributed by atoms with Crippen LogP contribution in [0.2, 0.25) is 0 Å². The average Bonchev–Trinajstić information content (AvgIpc) is 2.91. The summed E-state index contributed by atoms with van der Waals surface area (Å²) in [4.78, 5) is 12.7. The maximum absolute atomic E-state index is 12.8. The zero-order chi connectivity index (χ0) is 16.6. The molecule has 1 aliphatic heterocycles. The van der Waals surface area contributed by atoms with Crippen molar-refractivity contribution in [2.45, 2.75) is 31.2 Å². The van der Waals surface area contributed by atoms with Crippen LogP contribution in [0.25, 0.3) is 0 Å². The fraction of sp³-hybridized carbons (Fsp3) is 0.312.